The van der Waals surface area contributed by atoms with E-state index in [2.05, 4.69) is 17.2 Å². The molecule has 2 heterocycles. The van der Waals surface area contributed by atoms with Crippen molar-refractivity contribution < 1.29 is 22.0 Å². The van der Waals surface area contributed by atoms with Crippen LogP contribution in [0.25, 0.3) is 11.0 Å². The Labute approximate surface area is 197 Å². The van der Waals surface area contributed by atoms with Crippen molar-refractivity contribution in [2.45, 2.75) is 48.9 Å². The highest BCUT2D eigenvalue weighted by molar-refractivity contribution is 7.91. The highest BCUT2D eigenvalue weighted by atomic mass is 32.2. The number of hydrogen-bond acceptors (Lipinski definition) is 5. The summed E-state index contributed by atoms with van der Waals surface area (Å²) >= 11 is 0. The number of sulfone groups is 1. The summed E-state index contributed by atoms with van der Waals surface area (Å²) in [6.07, 6.45) is 6.38. The van der Waals surface area contributed by atoms with Crippen molar-refractivity contribution in [1.29, 1.82) is 0 Å². The standard InChI is InChI=1S/C26H25FN2O4S/c1-2-3-4-6-19-7-5-8-22(27)25(19)34(31,32)21-11-9-18(10-12-21)16-29-26(30)23-15-20-13-14-28-17-24(20)33-23/h5,7-15,17H,2-4,6,16H2,1H3,(H,29,30). The lowest BCUT2D eigenvalue weighted by atomic mass is 10.1. The number of halogens is 1. The van der Waals surface area contributed by atoms with E-state index in [1.54, 1.807) is 42.6 Å². The number of fused-ring (bicyclic) bond motifs is 1. The summed E-state index contributed by atoms with van der Waals surface area (Å²) in [4.78, 5) is 16.1. The quantitative estimate of drug-likeness (QED) is 0.321. The van der Waals surface area contributed by atoms with Crippen molar-refractivity contribution in [2.75, 3.05) is 0 Å². The predicted molar refractivity (Wildman–Crippen MR) is 127 cm³/mol. The molecule has 0 unspecified atom stereocenters. The number of nitrogens with one attached hydrogen (secondary N) is 1. The van der Waals surface area contributed by atoms with Crippen molar-refractivity contribution in [3.8, 4) is 0 Å². The second-order valence-corrected chi connectivity index (χ2v) is 9.93. The van der Waals surface area contributed by atoms with Crippen LogP contribution in [0.4, 0.5) is 4.39 Å². The molecule has 0 atom stereocenters. The van der Waals surface area contributed by atoms with Crippen LogP contribution in [0.5, 0.6) is 0 Å². The largest absolute Gasteiger partial charge is 0.449 e. The summed E-state index contributed by atoms with van der Waals surface area (Å²) in [5.74, 6) is -0.972. The molecule has 34 heavy (non-hydrogen) atoms. The number of carbonyl (C=O) groups is 1. The van der Waals surface area contributed by atoms with Gasteiger partial charge in [0, 0.05) is 18.1 Å². The Hall–Kier alpha value is -3.52. The molecule has 4 rings (SSSR count). The maximum Gasteiger partial charge on any atom is 0.287 e. The molecule has 0 saturated heterocycles. The summed E-state index contributed by atoms with van der Waals surface area (Å²) in [6, 6.07) is 13.9. The molecule has 0 radical (unpaired) electrons. The van der Waals surface area contributed by atoms with Crippen LogP contribution in [0.1, 0.15) is 47.9 Å². The first kappa shape index (κ1) is 23.6. The number of aromatic nitrogens is 1. The maximum atomic E-state index is 14.6. The van der Waals surface area contributed by atoms with Gasteiger partial charge in [0.15, 0.2) is 11.3 Å². The molecule has 1 amide bonds. The number of furan rings is 1. The third kappa shape index (κ3) is 5.02. The van der Waals surface area contributed by atoms with Crippen molar-refractivity contribution in [3.63, 3.8) is 0 Å². The van der Waals surface area contributed by atoms with E-state index in [0.717, 1.165) is 24.6 Å². The van der Waals surface area contributed by atoms with Gasteiger partial charge in [0.05, 0.1) is 11.1 Å². The second kappa shape index (κ2) is 10.2. The van der Waals surface area contributed by atoms with E-state index in [-0.39, 0.29) is 22.1 Å². The third-order valence-electron chi connectivity index (χ3n) is 5.60. The maximum absolute atomic E-state index is 14.6. The molecule has 0 aliphatic carbocycles. The molecular formula is C26H25FN2O4S. The Morgan fingerprint density at radius 1 is 1.09 bits per heavy atom. The molecule has 0 spiro atoms. The Morgan fingerprint density at radius 3 is 2.62 bits per heavy atom. The molecule has 2 aromatic carbocycles. The van der Waals surface area contributed by atoms with Crippen molar-refractivity contribution in [3.05, 3.63) is 89.7 Å². The average Bonchev–Trinajstić information content (AvgIpc) is 3.27. The summed E-state index contributed by atoms with van der Waals surface area (Å²) in [5.41, 5.74) is 1.71. The van der Waals surface area contributed by atoms with Gasteiger partial charge in [0.1, 0.15) is 10.7 Å². The van der Waals surface area contributed by atoms with Gasteiger partial charge in [-0.15, -0.1) is 0 Å². The van der Waals surface area contributed by atoms with Crippen LogP contribution in [0.15, 0.2) is 81.2 Å². The van der Waals surface area contributed by atoms with Crippen LogP contribution in [0.2, 0.25) is 0 Å². The number of nitrogens with zero attached hydrogens (tertiary/aromatic N) is 1. The lowest BCUT2D eigenvalue weighted by Gasteiger charge is -2.12. The first-order valence-electron chi connectivity index (χ1n) is 11.1. The Kier molecular flexibility index (Phi) is 7.07. The molecule has 0 aliphatic heterocycles. The van der Waals surface area contributed by atoms with Crippen molar-refractivity contribution in [2.24, 2.45) is 0 Å². The SMILES string of the molecule is CCCCCc1cccc(F)c1S(=O)(=O)c1ccc(CNC(=O)c2cc3ccncc3o2)cc1. The smallest absolute Gasteiger partial charge is 0.287 e. The lowest BCUT2D eigenvalue weighted by molar-refractivity contribution is 0.0925. The Balaban J connectivity index is 1.48. The molecule has 2 aromatic heterocycles. The number of benzene rings is 2. The van der Waals surface area contributed by atoms with Crippen LogP contribution < -0.4 is 5.32 Å². The van der Waals surface area contributed by atoms with E-state index < -0.39 is 21.6 Å². The van der Waals surface area contributed by atoms with E-state index in [1.165, 1.54) is 24.4 Å². The second-order valence-electron chi connectivity index (χ2n) is 8.04. The van der Waals surface area contributed by atoms with E-state index in [1.807, 2.05) is 0 Å². The van der Waals surface area contributed by atoms with Gasteiger partial charge in [0.2, 0.25) is 9.84 Å². The highest BCUT2D eigenvalue weighted by Crippen LogP contribution is 2.28. The zero-order valence-corrected chi connectivity index (χ0v) is 19.6. The molecule has 0 bridgehead atoms. The summed E-state index contributed by atoms with van der Waals surface area (Å²) < 4.78 is 46.6. The number of amides is 1. The molecular weight excluding hydrogens is 455 g/mol. The van der Waals surface area contributed by atoms with E-state index >= 15 is 0 Å². The fourth-order valence-electron chi connectivity index (χ4n) is 3.79. The number of aryl methyl sites for hydroxylation is 1. The fourth-order valence-corrected chi connectivity index (χ4v) is 5.36. The summed E-state index contributed by atoms with van der Waals surface area (Å²) in [5, 5.41) is 3.53. The van der Waals surface area contributed by atoms with Crippen LogP contribution in [0.3, 0.4) is 0 Å². The predicted octanol–water partition coefficient (Wildman–Crippen LogP) is 5.46. The Morgan fingerprint density at radius 2 is 1.88 bits per heavy atom. The third-order valence-corrected chi connectivity index (χ3v) is 7.49. The summed E-state index contributed by atoms with van der Waals surface area (Å²) in [7, 11) is -4.03. The molecule has 176 valence electrons. The molecule has 1 N–H and O–H groups in total. The van der Waals surface area contributed by atoms with Gasteiger partial charge in [-0.05, 0) is 54.3 Å². The molecule has 4 aromatic rings. The molecule has 0 saturated carbocycles. The van der Waals surface area contributed by atoms with Gasteiger partial charge in [-0.2, -0.15) is 0 Å². The fraction of sp³-hybridized carbons (Fsp3) is 0.231. The van der Waals surface area contributed by atoms with E-state index in [9.17, 15) is 17.6 Å². The Bertz CT molecular complexity index is 1380. The minimum Gasteiger partial charge on any atom is -0.449 e. The zero-order chi connectivity index (χ0) is 24.1. The number of carbonyl (C=O) groups excluding carboxylic acids is 1. The number of pyridine rings is 1. The van der Waals surface area contributed by atoms with Gasteiger partial charge >= 0.3 is 0 Å². The molecule has 0 fully saturated rings. The first-order valence-corrected chi connectivity index (χ1v) is 12.6. The van der Waals surface area contributed by atoms with Crippen LogP contribution in [0, 0.1) is 5.82 Å². The van der Waals surface area contributed by atoms with Gasteiger partial charge in [-0.1, -0.05) is 44.0 Å². The summed E-state index contributed by atoms with van der Waals surface area (Å²) in [6.45, 7) is 2.23. The van der Waals surface area contributed by atoms with Crippen LogP contribution in [-0.2, 0) is 22.8 Å². The van der Waals surface area contributed by atoms with Crippen molar-refractivity contribution in [1.82, 2.24) is 10.3 Å². The van der Waals surface area contributed by atoms with Gasteiger partial charge in [-0.25, -0.2) is 12.8 Å². The minimum absolute atomic E-state index is 0.00852. The first-order chi connectivity index (χ1) is 16.4. The normalized spacial score (nSPS) is 11.6. The number of rotatable bonds is 9. The number of hydrogen-bond donors (Lipinski definition) is 1. The number of unbranched alkanes of at least 4 members (excludes halogenated alkanes) is 2. The molecule has 8 heteroatoms. The van der Waals surface area contributed by atoms with Gasteiger partial charge < -0.3 is 9.73 Å². The zero-order valence-electron chi connectivity index (χ0n) is 18.8. The van der Waals surface area contributed by atoms with Crippen LogP contribution >= 0.6 is 0 Å². The monoisotopic (exact) mass is 480 g/mol. The van der Waals surface area contributed by atoms with E-state index in [4.69, 9.17) is 4.42 Å². The van der Waals surface area contributed by atoms with Gasteiger partial charge in [-0.3, -0.25) is 9.78 Å². The molecule has 6 nitrogen and oxygen atoms in total. The van der Waals surface area contributed by atoms with E-state index in [0.29, 0.717) is 23.1 Å². The average molecular weight is 481 g/mol. The van der Waals surface area contributed by atoms with Gasteiger partial charge in [0.25, 0.3) is 5.91 Å². The topological polar surface area (TPSA) is 89.3 Å². The van der Waals surface area contributed by atoms with Crippen LogP contribution in [-0.4, -0.2) is 19.3 Å². The molecule has 0 aliphatic rings. The lowest BCUT2D eigenvalue weighted by Crippen LogP contribution is -2.22. The minimum atomic E-state index is -4.03. The highest BCUT2D eigenvalue weighted by Gasteiger charge is 2.25. The van der Waals surface area contributed by atoms with Crippen molar-refractivity contribution >= 4 is 26.7 Å².